The third kappa shape index (κ3) is 5.84. The molecular weight excluding hydrogens is 521 g/mol. The number of pyridine rings is 1. The van der Waals surface area contributed by atoms with Gasteiger partial charge < -0.3 is 20.6 Å². The van der Waals surface area contributed by atoms with Crippen LogP contribution >= 0.6 is 11.3 Å². The predicted octanol–water partition coefficient (Wildman–Crippen LogP) is 4.38. The first kappa shape index (κ1) is 27.2. The van der Waals surface area contributed by atoms with Crippen LogP contribution in [0.1, 0.15) is 71.8 Å². The zero-order valence-corrected chi connectivity index (χ0v) is 20.8. The number of aromatic nitrogens is 2. The molecule has 2 aliphatic rings. The predicted molar refractivity (Wildman–Crippen MR) is 126 cm³/mol. The monoisotopic (exact) mass is 547 g/mol. The number of carbonyl (C=O) groups is 2. The molecule has 4 atom stereocenters. The molecule has 14 heteroatoms. The van der Waals surface area contributed by atoms with Gasteiger partial charge in [0.15, 0.2) is 5.01 Å². The summed E-state index contributed by atoms with van der Waals surface area (Å²) in [4.78, 5) is 35.7. The van der Waals surface area contributed by atoms with Crippen LogP contribution in [0.25, 0.3) is 10.4 Å². The number of nitrogens with one attached hydrogen (secondary N) is 2. The van der Waals surface area contributed by atoms with E-state index in [1.807, 2.05) is 6.92 Å². The minimum absolute atomic E-state index is 0.0252. The quantitative estimate of drug-likeness (QED) is 0.424. The van der Waals surface area contributed by atoms with Gasteiger partial charge >= 0.3 is 6.18 Å². The molecule has 0 bridgehead atoms. The van der Waals surface area contributed by atoms with Crippen molar-refractivity contribution in [2.75, 3.05) is 11.9 Å². The molecule has 2 fully saturated rings. The van der Waals surface area contributed by atoms with Gasteiger partial charge in [-0.1, -0.05) is 6.92 Å². The number of rotatable bonds is 8. The van der Waals surface area contributed by atoms with Crippen molar-refractivity contribution >= 4 is 29.0 Å². The van der Waals surface area contributed by atoms with E-state index in [0.29, 0.717) is 24.3 Å². The number of hydrogen-bond donors (Lipinski definition) is 3. The maximum atomic E-state index is 14.1. The summed E-state index contributed by atoms with van der Waals surface area (Å²) in [5, 5.41) is 14.1. The number of likely N-dealkylation sites (tertiary alicyclic amines) is 1. The highest BCUT2D eigenvalue weighted by molar-refractivity contribution is 7.17. The zero-order valence-electron chi connectivity index (χ0n) is 20.0. The highest BCUT2D eigenvalue weighted by atomic mass is 32.1. The van der Waals surface area contributed by atoms with Gasteiger partial charge in [0.1, 0.15) is 17.6 Å². The maximum Gasteiger partial charge on any atom is 0.408 e. The van der Waals surface area contributed by atoms with Crippen LogP contribution in [0.4, 0.5) is 27.8 Å². The van der Waals surface area contributed by atoms with E-state index in [0.717, 1.165) is 25.1 Å². The number of carbonyl (C=O) groups excluding carboxylic acids is 2. The van der Waals surface area contributed by atoms with Gasteiger partial charge in [-0.05, 0) is 38.7 Å². The minimum atomic E-state index is -4.61. The van der Waals surface area contributed by atoms with Crippen LogP contribution < -0.4 is 10.6 Å². The molecule has 3 heterocycles. The second-order valence-corrected chi connectivity index (χ2v) is 10.2. The molecule has 1 aliphatic heterocycles. The normalized spacial score (nSPS) is 22.3. The Morgan fingerprint density at radius 1 is 1.32 bits per heavy atom. The Kier molecular flexibility index (Phi) is 7.70. The Labute approximate surface area is 213 Å². The third-order valence-corrected chi connectivity index (χ3v) is 7.54. The van der Waals surface area contributed by atoms with Crippen molar-refractivity contribution in [1.82, 2.24) is 20.2 Å². The molecule has 2 aromatic heterocycles. The molecule has 0 spiro atoms. The Hall–Kier alpha value is -2.87. The van der Waals surface area contributed by atoms with E-state index in [9.17, 15) is 36.6 Å². The van der Waals surface area contributed by atoms with Crippen LogP contribution in [-0.4, -0.2) is 68.7 Å². The lowest BCUT2D eigenvalue weighted by Crippen LogP contribution is -2.35. The fourth-order valence-electron chi connectivity index (χ4n) is 4.20. The lowest BCUT2D eigenvalue weighted by molar-refractivity contribution is -0.142. The molecule has 1 aliphatic carbocycles. The summed E-state index contributed by atoms with van der Waals surface area (Å²) in [5.41, 5.74) is -1.04. The van der Waals surface area contributed by atoms with Crippen LogP contribution in [0.3, 0.4) is 0 Å². The fourth-order valence-corrected chi connectivity index (χ4v) is 5.19. The van der Waals surface area contributed by atoms with Crippen LogP contribution in [0.2, 0.25) is 0 Å². The molecule has 1 saturated heterocycles. The summed E-state index contributed by atoms with van der Waals surface area (Å²) in [7, 11) is 0. The van der Waals surface area contributed by atoms with Crippen LogP contribution in [0.15, 0.2) is 12.3 Å². The first-order valence-electron chi connectivity index (χ1n) is 11.8. The summed E-state index contributed by atoms with van der Waals surface area (Å²) in [5.74, 6) is -1.59. The molecule has 1 saturated carbocycles. The van der Waals surface area contributed by atoms with Gasteiger partial charge in [-0.15, -0.1) is 11.3 Å². The molecule has 8 nitrogen and oxygen atoms in total. The van der Waals surface area contributed by atoms with Gasteiger partial charge in [0.25, 0.3) is 18.2 Å². The number of thiazole rings is 1. The van der Waals surface area contributed by atoms with E-state index < -0.39 is 54.0 Å². The van der Waals surface area contributed by atoms with Crippen LogP contribution in [0.5, 0.6) is 0 Å². The van der Waals surface area contributed by atoms with Crippen molar-refractivity contribution in [2.24, 2.45) is 0 Å². The van der Waals surface area contributed by atoms with Crippen LogP contribution in [0, 0.1) is 0 Å². The summed E-state index contributed by atoms with van der Waals surface area (Å²) in [6, 6.07) is -1.74. The van der Waals surface area contributed by atoms with E-state index in [4.69, 9.17) is 0 Å². The average molecular weight is 548 g/mol. The molecule has 3 N–H and O–H groups in total. The standard InChI is InChI=1S/C23H26F5N5O3S/c1-3-15(23(26,27)28)31-16-7-11(19(24)25)12(9-29-16)18-17(22(36)33-6-4-5-10(33)2)32-21(37-18)20(35)30-13-8-14(13)34/h7,9-10,13-15,19,34H,3-6,8H2,1-2H3,(H,29,31)(H,30,35)/t10-,13-,14+,15-/m0/s1. The van der Waals surface area contributed by atoms with E-state index in [-0.39, 0.29) is 33.6 Å². The largest absolute Gasteiger partial charge is 0.408 e. The first-order valence-corrected chi connectivity index (χ1v) is 12.6. The van der Waals surface area contributed by atoms with Crippen LogP contribution in [-0.2, 0) is 0 Å². The van der Waals surface area contributed by atoms with Crippen molar-refractivity contribution in [3.63, 3.8) is 0 Å². The second kappa shape index (κ2) is 10.5. The van der Waals surface area contributed by atoms with Crippen molar-refractivity contribution in [3.8, 4) is 10.4 Å². The number of amides is 2. The Balaban J connectivity index is 1.75. The van der Waals surface area contributed by atoms with E-state index in [1.165, 1.54) is 6.92 Å². The molecule has 202 valence electrons. The number of hydrogen-bond acceptors (Lipinski definition) is 7. The highest BCUT2D eigenvalue weighted by Crippen LogP contribution is 2.39. The number of alkyl halides is 5. The van der Waals surface area contributed by atoms with Crippen molar-refractivity contribution in [2.45, 2.75) is 76.4 Å². The maximum absolute atomic E-state index is 14.1. The molecular formula is C23H26F5N5O3S. The number of anilines is 1. The summed E-state index contributed by atoms with van der Waals surface area (Å²) in [6.45, 7) is 3.58. The van der Waals surface area contributed by atoms with Gasteiger partial charge in [-0.25, -0.2) is 18.7 Å². The number of halogens is 5. The Bertz CT molecular complexity index is 1170. The second-order valence-electron chi connectivity index (χ2n) is 9.17. The van der Waals surface area contributed by atoms with Gasteiger partial charge in [0.2, 0.25) is 0 Å². The summed E-state index contributed by atoms with van der Waals surface area (Å²) in [6.07, 6.45) is -5.91. The molecule has 2 amide bonds. The van der Waals surface area contributed by atoms with Crippen molar-refractivity contribution in [1.29, 1.82) is 0 Å². The SMILES string of the molecule is CC[C@H](Nc1cc(C(F)F)c(-c2sc(C(=O)N[C@H]3C[C@H]3O)nc2C(=O)N2CCC[C@@H]2C)cn1)C(F)(F)F. The summed E-state index contributed by atoms with van der Waals surface area (Å²) >= 11 is 0.714. The number of nitrogens with zero attached hydrogens (tertiary/aromatic N) is 3. The first-order chi connectivity index (χ1) is 17.4. The summed E-state index contributed by atoms with van der Waals surface area (Å²) < 4.78 is 67.8. The lowest BCUT2D eigenvalue weighted by Gasteiger charge is -2.22. The topological polar surface area (TPSA) is 107 Å². The average Bonchev–Trinajstić information content (AvgIpc) is 3.20. The van der Waals surface area contributed by atoms with Crippen molar-refractivity contribution < 1.29 is 36.6 Å². The van der Waals surface area contributed by atoms with Gasteiger partial charge in [-0.2, -0.15) is 13.2 Å². The van der Waals surface area contributed by atoms with Gasteiger partial charge in [0.05, 0.1) is 17.0 Å². The Morgan fingerprint density at radius 3 is 2.57 bits per heavy atom. The van der Waals surface area contributed by atoms with E-state index >= 15 is 0 Å². The molecule has 2 aromatic rings. The molecule has 0 aromatic carbocycles. The molecule has 4 rings (SSSR count). The smallest absolute Gasteiger partial charge is 0.391 e. The Morgan fingerprint density at radius 2 is 2.03 bits per heavy atom. The zero-order chi connectivity index (χ0) is 27.1. The lowest BCUT2D eigenvalue weighted by atomic mass is 10.1. The third-order valence-electron chi connectivity index (χ3n) is 6.45. The highest BCUT2D eigenvalue weighted by Gasteiger charge is 2.40. The van der Waals surface area contributed by atoms with Gasteiger partial charge in [-0.3, -0.25) is 9.59 Å². The van der Waals surface area contributed by atoms with Crippen molar-refractivity contribution in [3.05, 3.63) is 28.5 Å². The fraction of sp³-hybridized carbons (Fsp3) is 0.565. The molecule has 0 unspecified atom stereocenters. The number of aliphatic hydroxyl groups is 1. The van der Waals surface area contributed by atoms with E-state index in [2.05, 4.69) is 20.6 Å². The molecule has 0 radical (unpaired) electrons. The van der Waals surface area contributed by atoms with E-state index in [1.54, 1.807) is 4.90 Å². The molecule has 37 heavy (non-hydrogen) atoms. The van der Waals surface area contributed by atoms with Gasteiger partial charge in [0, 0.05) is 29.9 Å². The minimum Gasteiger partial charge on any atom is -0.391 e. The number of aliphatic hydroxyl groups excluding tert-OH is 1.